The highest BCUT2D eigenvalue weighted by Gasteiger charge is 2.25. The van der Waals surface area contributed by atoms with Crippen LogP contribution in [0.1, 0.15) is 19.4 Å². The zero-order valence-electron chi connectivity index (χ0n) is 11.2. The molecule has 0 aliphatic carbocycles. The molecule has 1 heterocycles. The molecule has 1 aliphatic heterocycles. The van der Waals surface area contributed by atoms with Gasteiger partial charge in [0.2, 0.25) is 5.91 Å². The van der Waals surface area contributed by atoms with Crippen molar-refractivity contribution < 1.29 is 13.9 Å². The average molecular weight is 263 g/mol. The second-order valence-electron chi connectivity index (χ2n) is 4.87. The predicted octanol–water partition coefficient (Wildman–Crippen LogP) is 2.47. The molecule has 4 heteroatoms. The van der Waals surface area contributed by atoms with Gasteiger partial charge in [0.1, 0.15) is 5.82 Å². The summed E-state index contributed by atoms with van der Waals surface area (Å²) in [5.74, 6) is -0.314. The molecule has 19 heavy (non-hydrogen) atoms. The van der Waals surface area contributed by atoms with Gasteiger partial charge in [-0.1, -0.05) is 12.1 Å². The Balaban J connectivity index is 2.01. The second-order valence-corrected chi connectivity index (χ2v) is 4.87. The third-order valence-corrected chi connectivity index (χ3v) is 3.18. The van der Waals surface area contributed by atoms with Crippen LogP contribution in [0, 0.1) is 5.82 Å². The van der Waals surface area contributed by atoms with Crippen molar-refractivity contribution in [2.75, 3.05) is 13.2 Å². The van der Waals surface area contributed by atoms with Crippen LogP contribution in [0.15, 0.2) is 30.3 Å². The Labute approximate surface area is 112 Å². The zero-order valence-corrected chi connectivity index (χ0v) is 11.2. The van der Waals surface area contributed by atoms with Crippen LogP contribution < -0.4 is 0 Å². The van der Waals surface area contributed by atoms with Gasteiger partial charge in [0.25, 0.3) is 0 Å². The van der Waals surface area contributed by atoms with Crippen LogP contribution in [0.5, 0.6) is 0 Å². The Hall–Kier alpha value is -1.68. The predicted molar refractivity (Wildman–Crippen MR) is 72.0 cm³/mol. The molecular formula is C15H18FNO2. The topological polar surface area (TPSA) is 29.5 Å². The molecule has 2 atom stereocenters. The number of halogens is 1. The molecule has 1 saturated heterocycles. The summed E-state index contributed by atoms with van der Waals surface area (Å²) in [5, 5.41) is 0. The molecule has 1 aliphatic rings. The van der Waals surface area contributed by atoms with E-state index in [1.807, 2.05) is 13.8 Å². The van der Waals surface area contributed by atoms with Gasteiger partial charge in [0.15, 0.2) is 0 Å². The number of amides is 1. The lowest BCUT2D eigenvalue weighted by Gasteiger charge is -2.36. The lowest BCUT2D eigenvalue weighted by molar-refractivity contribution is -0.137. The minimum absolute atomic E-state index is 0.0352. The van der Waals surface area contributed by atoms with E-state index in [0.717, 1.165) is 5.56 Å². The fourth-order valence-corrected chi connectivity index (χ4v) is 2.05. The van der Waals surface area contributed by atoms with Crippen molar-refractivity contribution in [3.63, 3.8) is 0 Å². The highest BCUT2D eigenvalue weighted by atomic mass is 19.1. The minimum Gasteiger partial charge on any atom is -0.375 e. The SMILES string of the molecule is C[C@@H]1CN(C(=O)/C=C\c2ccc(F)cc2)[C@@H](C)CO1. The van der Waals surface area contributed by atoms with Gasteiger partial charge in [-0.15, -0.1) is 0 Å². The first-order chi connectivity index (χ1) is 9.06. The molecule has 0 unspecified atom stereocenters. The van der Waals surface area contributed by atoms with E-state index in [9.17, 15) is 9.18 Å². The van der Waals surface area contributed by atoms with Crippen molar-refractivity contribution in [3.8, 4) is 0 Å². The smallest absolute Gasteiger partial charge is 0.246 e. The first-order valence-electron chi connectivity index (χ1n) is 6.42. The number of nitrogens with zero attached hydrogens (tertiary/aromatic N) is 1. The van der Waals surface area contributed by atoms with E-state index in [-0.39, 0.29) is 23.9 Å². The maximum Gasteiger partial charge on any atom is 0.246 e. The Morgan fingerprint density at radius 2 is 2.05 bits per heavy atom. The first-order valence-corrected chi connectivity index (χ1v) is 6.42. The molecule has 3 nitrogen and oxygen atoms in total. The molecule has 0 aromatic heterocycles. The maximum absolute atomic E-state index is 12.8. The van der Waals surface area contributed by atoms with E-state index >= 15 is 0 Å². The third-order valence-electron chi connectivity index (χ3n) is 3.18. The van der Waals surface area contributed by atoms with E-state index in [0.29, 0.717) is 13.2 Å². The van der Waals surface area contributed by atoms with Crippen molar-refractivity contribution in [1.29, 1.82) is 0 Å². The largest absolute Gasteiger partial charge is 0.375 e. The van der Waals surface area contributed by atoms with Gasteiger partial charge in [-0.3, -0.25) is 4.79 Å². The molecule has 1 amide bonds. The number of carbonyl (C=O) groups excluding carboxylic acids is 1. The summed E-state index contributed by atoms with van der Waals surface area (Å²) in [6, 6.07) is 6.13. The van der Waals surface area contributed by atoms with E-state index in [4.69, 9.17) is 4.74 Å². The molecular weight excluding hydrogens is 245 g/mol. The van der Waals surface area contributed by atoms with Crippen LogP contribution >= 0.6 is 0 Å². The molecule has 0 saturated carbocycles. The van der Waals surface area contributed by atoms with Crippen LogP contribution in [0.3, 0.4) is 0 Å². The van der Waals surface area contributed by atoms with E-state index in [2.05, 4.69) is 0 Å². The number of rotatable bonds is 2. The molecule has 102 valence electrons. The Morgan fingerprint density at radius 3 is 2.74 bits per heavy atom. The van der Waals surface area contributed by atoms with E-state index in [1.54, 1.807) is 23.1 Å². The summed E-state index contributed by atoms with van der Waals surface area (Å²) in [7, 11) is 0. The van der Waals surface area contributed by atoms with Gasteiger partial charge in [-0.25, -0.2) is 4.39 Å². The standard InChI is InChI=1S/C15H18FNO2/c1-11-10-19-12(2)9-17(11)15(18)8-5-13-3-6-14(16)7-4-13/h3-8,11-12H,9-10H2,1-2H3/b8-5-/t11-,12+/m0/s1. The molecule has 1 fully saturated rings. The van der Waals surface area contributed by atoms with Crippen LogP contribution in [0.4, 0.5) is 4.39 Å². The highest BCUT2D eigenvalue weighted by molar-refractivity contribution is 5.92. The molecule has 1 aromatic rings. The molecule has 0 radical (unpaired) electrons. The number of morpholine rings is 1. The maximum atomic E-state index is 12.8. The fraction of sp³-hybridized carbons (Fsp3) is 0.400. The molecule has 1 aromatic carbocycles. The second kappa shape index (κ2) is 5.97. The summed E-state index contributed by atoms with van der Waals surface area (Å²) in [6.45, 7) is 5.09. The van der Waals surface area contributed by atoms with Gasteiger partial charge in [-0.05, 0) is 37.6 Å². The van der Waals surface area contributed by atoms with Crippen molar-refractivity contribution >= 4 is 12.0 Å². The molecule has 0 spiro atoms. The number of carbonyl (C=O) groups is 1. The first kappa shape index (κ1) is 13.7. The Bertz CT molecular complexity index is 470. The summed E-state index contributed by atoms with van der Waals surface area (Å²) in [4.78, 5) is 13.9. The minimum atomic E-state index is -0.279. The summed E-state index contributed by atoms with van der Waals surface area (Å²) >= 11 is 0. The zero-order chi connectivity index (χ0) is 13.8. The van der Waals surface area contributed by atoms with Gasteiger partial charge in [-0.2, -0.15) is 0 Å². The van der Waals surface area contributed by atoms with E-state index in [1.165, 1.54) is 18.2 Å². The molecule has 0 N–H and O–H groups in total. The van der Waals surface area contributed by atoms with Crippen LogP contribution in [-0.2, 0) is 9.53 Å². The fourth-order valence-electron chi connectivity index (χ4n) is 2.05. The van der Waals surface area contributed by atoms with Gasteiger partial charge in [0.05, 0.1) is 18.8 Å². The van der Waals surface area contributed by atoms with E-state index < -0.39 is 0 Å². The molecule has 2 rings (SSSR count). The quantitative estimate of drug-likeness (QED) is 0.767. The Morgan fingerprint density at radius 1 is 1.37 bits per heavy atom. The highest BCUT2D eigenvalue weighted by Crippen LogP contribution is 2.12. The van der Waals surface area contributed by atoms with Crippen molar-refractivity contribution in [1.82, 2.24) is 4.90 Å². The van der Waals surface area contributed by atoms with Crippen molar-refractivity contribution in [2.24, 2.45) is 0 Å². The van der Waals surface area contributed by atoms with Gasteiger partial charge in [0, 0.05) is 12.6 Å². The lowest BCUT2D eigenvalue weighted by Crippen LogP contribution is -2.49. The third kappa shape index (κ3) is 3.64. The summed E-state index contributed by atoms with van der Waals surface area (Å²) < 4.78 is 18.2. The monoisotopic (exact) mass is 263 g/mol. The Kier molecular flexibility index (Phi) is 4.32. The van der Waals surface area contributed by atoms with Crippen LogP contribution in [-0.4, -0.2) is 36.1 Å². The van der Waals surface area contributed by atoms with Crippen molar-refractivity contribution in [2.45, 2.75) is 26.0 Å². The van der Waals surface area contributed by atoms with Crippen molar-refractivity contribution in [3.05, 3.63) is 41.7 Å². The van der Waals surface area contributed by atoms with Gasteiger partial charge >= 0.3 is 0 Å². The average Bonchev–Trinajstić information content (AvgIpc) is 2.40. The number of benzene rings is 1. The van der Waals surface area contributed by atoms with Crippen LogP contribution in [0.25, 0.3) is 6.08 Å². The number of ether oxygens (including phenoxy) is 1. The lowest BCUT2D eigenvalue weighted by atomic mass is 10.1. The normalized spacial score (nSPS) is 23.8. The van der Waals surface area contributed by atoms with Crippen LogP contribution in [0.2, 0.25) is 0 Å². The summed E-state index contributed by atoms with van der Waals surface area (Å²) in [5.41, 5.74) is 0.809. The number of hydrogen-bond acceptors (Lipinski definition) is 2. The summed E-state index contributed by atoms with van der Waals surface area (Å²) in [6.07, 6.45) is 3.30. The van der Waals surface area contributed by atoms with Gasteiger partial charge < -0.3 is 9.64 Å². The number of hydrogen-bond donors (Lipinski definition) is 0. The molecule has 0 bridgehead atoms.